The van der Waals surface area contributed by atoms with E-state index < -0.39 is 10.0 Å². The highest BCUT2D eigenvalue weighted by molar-refractivity contribution is 7.89. The third-order valence-electron chi connectivity index (χ3n) is 1.32. The van der Waals surface area contributed by atoms with Crippen molar-refractivity contribution in [1.82, 2.24) is 14.7 Å². The predicted molar refractivity (Wildman–Crippen MR) is 52.4 cm³/mol. The lowest BCUT2D eigenvalue weighted by atomic mass is 10.7. The summed E-state index contributed by atoms with van der Waals surface area (Å²) in [5, 5.41) is 0.00710. The van der Waals surface area contributed by atoms with Gasteiger partial charge in [0.2, 0.25) is 15.3 Å². The number of sulfonamides is 1. The van der Waals surface area contributed by atoms with Crippen LogP contribution in [0.5, 0.6) is 0 Å². The summed E-state index contributed by atoms with van der Waals surface area (Å²) in [5.41, 5.74) is 0. The van der Waals surface area contributed by atoms with Gasteiger partial charge in [0, 0.05) is 6.54 Å². The van der Waals surface area contributed by atoms with Crippen LogP contribution >= 0.6 is 11.6 Å². The quantitative estimate of drug-likeness (QED) is 0.611. The Morgan fingerprint density at radius 2 is 2.07 bits per heavy atom. The van der Waals surface area contributed by atoms with Crippen LogP contribution in [-0.4, -0.2) is 24.9 Å². The third-order valence-corrected chi connectivity index (χ3v) is 2.90. The highest BCUT2D eigenvalue weighted by Gasteiger charge is 2.13. The summed E-state index contributed by atoms with van der Waals surface area (Å²) in [6.07, 6.45) is 3.72. The van der Waals surface area contributed by atoms with Crippen molar-refractivity contribution in [2.75, 3.05) is 6.54 Å². The molecule has 1 aromatic rings. The minimum absolute atomic E-state index is 0.00710. The van der Waals surface area contributed by atoms with Crippen molar-refractivity contribution in [1.29, 1.82) is 0 Å². The van der Waals surface area contributed by atoms with Crippen LogP contribution in [0, 0.1) is 0 Å². The highest BCUT2D eigenvalue weighted by atomic mass is 35.5. The summed E-state index contributed by atoms with van der Waals surface area (Å²) < 4.78 is 25.1. The van der Waals surface area contributed by atoms with Crippen molar-refractivity contribution in [2.24, 2.45) is 0 Å². The monoisotopic (exact) mass is 233 g/mol. The molecule has 0 aromatic carbocycles. The van der Waals surface area contributed by atoms with Crippen molar-refractivity contribution in [2.45, 2.75) is 4.90 Å². The Kier molecular flexibility index (Phi) is 3.56. The molecule has 0 atom stereocenters. The topological polar surface area (TPSA) is 72.0 Å². The van der Waals surface area contributed by atoms with Gasteiger partial charge < -0.3 is 0 Å². The van der Waals surface area contributed by atoms with Gasteiger partial charge >= 0.3 is 0 Å². The lowest BCUT2D eigenvalue weighted by Crippen LogP contribution is -2.23. The van der Waals surface area contributed by atoms with Crippen LogP contribution in [0.2, 0.25) is 5.28 Å². The summed E-state index contributed by atoms with van der Waals surface area (Å²) in [5.74, 6) is 0. The Labute approximate surface area is 86.9 Å². The highest BCUT2D eigenvalue weighted by Crippen LogP contribution is 2.06. The molecular weight excluding hydrogens is 226 g/mol. The molecule has 0 aliphatic heterocycles. The maximum absolute atomic E-state index is 11.4. The first-order chi connectivity index (χ1) is 6.56. The average Bonchev–Trinajstić information content (AvgIpc) is 2.16. The van der Waals surface area contributed by atoms with Gasteiger partial charge in [0.25, 0.3) is 0 Å². The summed E-state index contributed by atoms with van der Waals surface area (Å²) in [7, 11) is -3.54. The molecule has 0 radical (unpaired) electrons. The van der Waals surface area contributed by atoms with E-state index in [1.807, 2.05) is 0 Å². The zero-order valence-corrected chi connectivity index (χ0v) is 8.72. The number of hydrogen-bond donors (Lipinski definition) is 1. The van der Waals surface area contributed by atoms with Crippen molar-refractivity contribution in [3.63, 3.8) is 0 Å². The molecule has 0 aliphatic rings. The van der Waals surface area contributed by atoms with Crippen LogP contribution in [0.3, 0.4) is 0 Å². The number of nitrogens with one attached hydrogen (secondary N) is 1. The predicted octanol–water partition coefficient (Wildman–Crippen LogP) is 0.594. The Morgan fingerprint density at radius 3 is 2.57 bits per heavy atom. The molecule has 0 fully saturated rings. The van der Waals surface area contributed by atoms with E-state index in [4.69, 9.17) is 11.6 Å². The van der Waals surface area contributed by atoms with Gasteiger partial charge in [0.15, 0.2) is 0 Å². The smallest absolute Gasteiger partial charge is 0.225 e. The molecule has 1 rings (SSSR count). The normalized spacial score (nSPS) is 11.2. The lowest BCUT2D eigenvalue weighted by molar-refractivity contribution is 0.584. The number of rotatable bonds is 4. The summed E-state index contributed by atoms with van der Waals surface area (Å²) in [4.78, 5) is 7.10. The van der Waals surface area contributed by atoms with Crippen LogP contribution in [0.1, 0.15) is 0 Å². The van der Waals surface area contributed by atoms with Crippen LogP contribution < -0.4 is 4.72 Å². The minimum atomic E-state index is -3.54. The van der Waals surface area contributed by atoms with Gasteiger partial charge in [-0.1, -0.05) is 6.08 Å². The van der Waals surface area contributed by atoms with Gasteiger partial charge in [0.05, 0.1) is 12.4 Å². The van der Waals surface area contributed by atoms with E-state index in [2.05, 4.69) is 21.3 Å². The van der Waals surface area contributed by atoms with Crippen LogP contribution in [0.15, 0.2) is 29.9 Å². The summed E-state index contributed by atoms with van der Waals surface area (Å²) in [6, 6.07) is 0. The molecule has 1 N–H and O–H groups in total. The number of nitrogens with zero attached hydrogens (tertiary/aromatic N) is 2. The largest absolute Gasteiger partial charge is 0.243 e. The van der Waals surface area contributed by atoms with Crippen molar-refractivity contribution in [3.8, 4) is 0 Å². The minimum Gasteiger partial charge on any atom is -0.225 e. The zero-order chi connectivity index (χ0) is 10.6. The molecule has 0 saturated carbocycles. The first-order valence-corrected chi connectivity index (χ1v) is 5.50. The molecule has 1 aromatic heterocycles. The van der Waals surface area contributed by atoms with Crippen LogP contribution in [-0.2, 0) is 10.0 Å². The fourth-order valence-corrected chi connectivity index (χ4v) is 1.68. The molecule has 76 valence electrons. The second-order valence-corrected chi connectivity index (χ2v) is 4.43. The van der Waals surface area contributed by atoms with E-state index in [0.717, 1.165) is 12.4 Å². The molecule has 1 heterocycles. The van der Waals surface area contributed by atoms with Gasteiger partial charge in [-0.3, -0.25) is 0 Å². The first-order valence-electron chi connectivity index (χ1n) is 3.64. The van der Waals surface area contributed by atoms with Gasteiger partial charge in [-0.25, -0.2) is 23.1 Å². The molecule has 0 amide bonds. The average molecular weight is 234 g/mol. The van der Waals surface area contributed by atoms with Crippen molar-refractivity contribution >= 4 is 21.6 Å². The van der Waals surface area contributed by atoms with Gasteiger partial charge in [-0.15, -0.1) is 6.58 Å². The Hall–Kier alpha value is -0.980. The van der Waals surface area contributed by atoms with E-state index in [-0.39, 0.29) is 16.7 Å². The maximum Gasteiger partial charge on any atom is 0.243 e. The van der Waals surface area contributed by atoms with E-state index in [0.29, 0.717) is 0 Å². The van der Waals surface area contributed by atoms with Crippen LogP contribution in [0.4, 0.5) is 0 Å². The Balaban J connectivity index is 2.93. The van der Waals surface area contributed by atoms with Gasteiger partial charge in [-0.05, 0) is 11.6 Å². The molecule has 0 aliphatic carbocycles. The Morgan fingerprint density at radius 1 is 1.50 bits per heavy atom. The van der Waals surface area contributed by atoms with Crippen LogP contribution in [0.25, 0.3) is 0 Å². The molecule has 0 unspecified atom stereocenters. The number of hydrogen-bond acceptors (Lipinski definition) is 4. The third kappa shape index (κ3) is 2.76. The summed E-state index contributed by atoms with van der Waals surface area (Å²) in [6.45, 7) is 3.55. The zero-order valence-electron chi connectivity index (χ0n) is 7.14. The van der Waals surface area contributed by atoms with Gasteiger partial charge in [-0.2, -0.15) is 0 Å². The molecule has 5 nitrogen and oxygen atoms in total. The van der Waals surface area contributed by atoms with E-state index in [9.17, 15) is 8.42 Å². The molecule has 0 saturated heterocycles. The second kappa shape index (κ2) is 4.50. The SMILES string of the molecule is C=CCNS(=O)(=O)c1cnc(Cl)nc1. The van der Waals surface area contributed by atoms with E-state index in [1.54, 1.807) is 0 Å². The first kappa shape index (κ1) is 11.1. The molecule has 14 heavy (non-hydrogen) atoms. The van der Waals surface area contributed by atoms with Crippen molar-refractivity contribution in [3.05, 3.63) is 30.3 Å². The van der Waals surface area contributed by atoms with Crippen molar-refractivity contribution < 1.29 is 8.42 Å². The van der Waals surface area contributed by atoms with Gasteiger partial charge in [0.1, 0.15) is 4.90 Å². The number of halogens is 1. The fraction of sp³-hybridized carbons (Fsp3) is 0.143. The molecular formula is C7H8ClN3O2S. The standard InChI is InChI=1S/C7H8ClN3O2S/c1-2-3-11-14(12,13)6-4-9-7(8)10-5-6/h2,4-5,11H,1,3H2. The second-order valence-electron chi connectivity index (χ2n) is 2.33. The van der Waals surface area contributed by atoms with E-state index >= 15 is 0 Å². The molecule has 0 spiro atoms. The lowest BCUT2D eigenvalue weighted by Gasteiger charge is -2.02. The molecule has 0 bridgehead atoms. The maximum atomic E-state index is 11.4. The Bertz CT molecular complexity index is 415. The van der Waals surface area contributed by atoms with E-state index in [1.165, 1.54) is 6.08 Å². The fourth-order valence-electron chi connectivity index (χ4n) is 0.691. The summed E-state index contributed by atoms with van der Waals surface area (Å²) >= 11 is 5.41. The molecule has 7 heteroatoms. The number of aromatic nitrogens is 2.